The molecule has 3 N–H and O–H groups in total. The third-order valence-corrected chi connectivity index (χ3v) is 3.78. The number of carbonyl (C=O) groups is 1. The van der Waals surface area contributed by atoms with Crippen LogP contribution in [0.3, 0.4) is 0 Å². The van der Waals surface area contributed by atoms with Gasteiger partial charge in [-0.25, -0.2) is 0 Å². The zero-order valence-corrected chi connectivity index (χ0v) is 13.4. The molecular weight excluding hydrogens is 331 g/mol. The monoisotopic (exact) mass is 351 g/mol. The van der Waals surface area contributed by atoms with Gasteiger partial charge in [0, 0.05) is 31.2 Å². The summed E-state index contributed by atoms with van der Waals surface area (Å²) < 4.78 is 36.9. The molecule has 0 aromatic heterocycles. The van der Waals surface area contributed by atoms with Crippen molar-refractivity contribution in [2.24, 2.45) is 5.73 Å². The number of rotatable bonds is 4. The molecule has 0 aliphatic carbocycles. The Morgan fingerprint density at radius 3 is 2.26 bits per heavy atom. The summed E-state index contributed by atoms with van der Waals surface area (Å²) in [5.41, 5.74) is 6.98. The van der Waals surface area contributed by atoms with Gasteiger partial charge in [-0.3, -0.25) is 9.69 Å². The summed E-state index contributed by atoms with van der Waals surface area (Å²) in [7, 11) is 0. The van der Waals surface area contributed by atoms with Gasteiger partial charge in [0.1, 0.15) is 0 Å². The Labute approximate surface area is 139 Å². The van der Waals surface area contributed by atoms with Gasteiger partial charge in [-0.1, -0.05) is 12.1 Å². The zero-order valence-electron chi connectivity index (χ0n) is 12.6. The van der Waals surface area contributed by atoms with E-state index < -0.39 is 12.7 Å². The molecule has 1 fully saturated rings. The molecule has 1 saturated heterocycles. The van der Waals surface area contributed by atoms with Gasteiger partial charge >= 0.3 is 6.18 Å². The van der Waals surface area contributed by atoms with Gasteiger partial charge in [0.25, 0.3) is 5.91 Å². The van der Waals surface area contributed by atoms with Crippen LogP contribution in [0.15, 0.2) is 24.3 Å². The van der Waals surface area contributed by atoms with E-state index in [-0.39, 0.29) is 24.4 Å². The van der Waals surface area contributed by atoms with Crippen LogP contribution in [0.25, 0.3) is 0 Å². The summed E-state index contributed by atoms with van der Waals surface area (Å²) in [6.45, 7) is 0.223. The molecule has 0 spiro atoms. The summed E-state index contributed by atoms with van der Waals surface area (Å²) in [4.78, 5) is 13.5. The van der Waals surface area contributed by atoms with Crippen molar-refractivity contribution in [3.05, 3.63) is 35.4 Å². The van der Waals surface area contributed by atoms with Gasteiger partial charge in [0.2, 0.25) is 0 Å². The highest BCUT2D eigenvalue weighted by Gasteiger charge is 2.32. The number of halogens is 4. The van der Waals surface area contributed by atoms with Gasteiger partial charge in [-0.2, -0.15) is 13.2 Å². The van der Waals surface area contributed by atoms with E-state index in [9.17, 15) is 18.0 Å². The lowest BCUT2D eigenvalue weighted by molar-refractivity contribution is -0.148. The molecule has 0 saturated carbocycles. The predicted octanol–water partition coefficient (Wildman–Crippen LogP) is 2.32. The standard InChI is InChI=1S/C15H20F3N3O.ClH/c16-15(17,18)10-21-7-5-13(6-8-21)20-14(22)12-3-1-11(9-19)2-4-12;/h1-4,13H,5-10,19H2,(H,20,22);1H. The summed E-state index contributed by atoms with van der Waals surface area (Å²) in [5, 5.41) is 2.88. The van der Waals surface area contributed by atoms with E-state index in [1.807, 2.05) is 0 Å². The van der Waals surface area contributed by atoms with Crippen LogP contribution in [-0.2, 0) is 6.54 Å². The summed E-state index contributed by atoms with van der Waals surface area (Å²) >= 11 is 0. The van der Waals surface area contributed by atoms with Crippen LogP contribution in [0.5, 0.6) is 0 Å². The number of hydrogen-bond acceptors (Lipinski definition) is 3. The van der Waals surface area contributed by atoms with Crippen LogP contribution in [0, 0.1) is 0 Å². The van der Waals surface area contributed by atoms with E-state index in [1.54, 1.807) is 24.3 Å². The number of nitrogens with zero attached hydrogens (tertiary/aromatic N) is 1. The van der Waals surface area contributed by atoms with E-state index in [2.05, 4.69) is 5.32 Å². The molecular formula is C15H21ClF3N3O. The van der Waals surface area contributed by atoms with E-state index in [1.165, 1.54) is 4.90 Å². The molecule has 23 heavy (non-hydrogen) atoms. The second-order valence-corrected chi connectivity index (χ2v) is 5.54. The van der Waals surface area contributed by atoms with Crippen LogP contribution < -0.4 is 11.1 Å². The minimum Gasteiger partial charge on any atom is -0.349 e. The van der Waals surface area contributed by atoms with Gasteiger partial charge in [0.05, 0.1) is 6.54 Å². The van der Waals surface area contributed by atoms with Gasteiger partial charge in [-0.15, -0.1) is 12.4 Å². The molecule has 130 valence electrons. The first kappa shape index (κ1) is 19.7. The Balaban J connectivity index is 0.00000264. The Bertz CT molecular complexity index is 500. The summed E-state index contributed by atoms with van der Waals surface area (Å²) in [6, 6.07) is 6.92. The van der Waals surface area contributed by atoms with Crippen molar-refractivity contribution in [1.82, 2.24) is 10.2 Å². The first-order chi connectivity index (χ1) is 10.4. The molecule has 1 amide bonds. The van der Waals surface area contributed by atoms with Crippen LogP contribution in [0.2, 0.25) is 0 Å². The number of benzene rings is 1. The maximum Gasteiger partial charge on any atom is 0.401 e. The normalized spacial score (nSPS) is 16.7. The number of alkyl halides is 3. The summed E-state index contributed by atoms with van der Waals surface area (Å²) in [5.74, 6) is -0.196. The topological polar surface area (TPSA) is 58.4 Å². The maximum absolute atomic E-state index is 12.3. The fraction of sp³-hybridized carbons (Fsp3) is 0.533. The van der Waals surface area contributed by atoms with Crippen LogP contribution >= 0.6 is 12.4 Å². The molecule has 1 aromatic carbocycles. The number of amides is 1. The SMILES string of the molecule is Cl.NCc1ccc(C(=O)NC2CCN(CC(F)(F)F)CC2)cc1. The third-order valence-electron chi connectivity index (χ3n) is 3.78. The number of piperidine rings is 1. The average Bonchev–Trinajstić information content (AvgIpc) is 2.48. The lowest BCUT2D eigenvalue weighted by atomic mass is 10.0. The van der Waals surface area contributed by atoms with Gasteiger partial charge in [-0.05, 0) is 30.5 Å². The Hall–Kier alpha value is -1.31. The van der Waals surface area contributed by atoms with Gasteiger partial charge in [0.15, 0.2) is 0 Å². The van der Waals surface area contributed by atoms with Crippen LogP contribution in [0.1, 0.15) is 28.8 Å². The van der Waals surface area contributed by atoms with Crippen molar-refractivity contribution in [3.8, 4) is 0 Å². The Morgan fingerprint density at radius 1 is 1.22 bits per heavy atom. The second kappa shape index (κ2) is 8.52. The molecule has 0 radical (unpaired) electrons. The molecule has 0 bridgehead atoms. The number of likely N-dealkylation sites (tertiary alicyclic amines) is 1. The number of nitrogens with one attached hydrogen (secondary N) is 1. The zero-order chi connectivity index (χ0) is 16.2. The van der Waals surface area contributed by atoms with Crippen molar-refractivity contribution in [1.29, 1.82) is 0 Å². The Morgan fingerprint density at radius 2 is 1.78 bits per heavy atom. The molecule has 8 heteroatoms. The average molecular weight is 352 g/mol. The molecule has 4 nitrogen and oxygen atoms in total. The van der Waals surface area contributed by atoms with Gasteiger partial charge < -0.3 is 11.1 Å². The van der Waals surface area contributed by atoms with Crippen molar-refractivity contribution in [3.63, 3.8) is 0 Å². The van der Waals surface area contributed by atoms with Crippen LogP contribution in [-0.4, -0.2) is 42.7 Å². The highest BCUT2D eigenvalue weighted by Crippen LogP contribution is 2.20. The molecule has 1 aromatic rings. The summed E-state index contributed by atoms with van der Waals surface area (Å²) in [6.07, 6.45) is -3.10. The van der Waals surface area contributed by atoms with E-state index in [4.69, 9.17) is 5.73 Å². The number of carbonyl (C=O) groups excluding carboxylic acids is 1. The molecule has 1 aliphatic heterocycles. The third kappa shape index (κ3) is 6.37. The minimum atomic E-state index is -4.17. The predicted molar refractivity (Wildman–Crippen MR) is 84.6 cm³/mol. The van der Waals surface area contributed by atoms with Crippen LogP contribution in [0.4, 0.5) is 13.2 Å². The van der Waals surface area contributed by atoms with Crippen molar-refractivity contribution in [2.45, 2.75) is 31.6 Å². The number of nitrogens with two attached hydrogens (primary N) is 1. The lowest BCUT2D eigenvalue weighted by Crippen LogP contribution is -2.47. The lowest BCUT2D eigenvalue weighted by Gasteiger charge is -2.32. The highest BCUT2D eigenvalue weighted by molar-refractivity contribution is 5.94. The number of hydrogen-bond donors (Lipinski definition) is 2. The minimum absolute atomic E-state index is 0. The quantitative estimate of drug-likeness (QED) is 0.875. The fourth-order valence-corrected chi connectivity index (χ4v) is 2.55. The van der Waals surface area contributed by atoms with Crippen molar-refractivity contribution < 1.29 is 18.0 Å². The maximum atomic E-state index is 12.3. The molecule has 1 heterocycles. The van der Waals surface area contributed by atoms with Crippen molar-refractivity contribution >= 4 is 18.3 Å². The van der Waals surface area contributed by atoms with E-state index >= 15 is 0 Å². The first-order valence-corrected chi connectivity index (χ1v) is 7.26. The largest absolute Gasteiger partial charge is 0.401 e. The highest BCUT2D eigenvalue weighted by atomic mass is 35.5. The van der Waals surface area contributed by atoms with E-state index in [0.717, 1.165) is 5.56 Å². The van der Waals surface area contributed by atoms with E-state index in [0.29, 0.717) is 38.0 Å². The molecule has 0 unspecified atom stereocenters. The first-order valence-electron chi connectivity index (χ1n) is 7.26. The fourth-order valence-electron chi connectivity index (χ4n) is 2.55. The molecule has 1 aliphatic rings. The molecule has 2 rings (SSSR count). The van der Waals surface area contributed by atoms with Crippen molar-refractivity contribution in [2.75, 3.05) is 19.6 Å². The second-order valence-electron chi connectivity index (χ2n) is 5.54. The Kier molecular flexibility index (Phi) is 7.31. The smallest absolute Gasteiger partial charge is 0.349 e. The molecule has 0 atom stereocenters.